The van der Waals surface area contributed by atoms with E-state index in [0.29, 0.717) is 5.92 Å². The van der Waals surface area contributed by atoms with Crippen molar-refractivity contribution in [1.82, 2.24) is 4.90 Å². The number of hydrogen-bond acceptors (Lipinski definition) is 2. The Morgan fingerprint density at radius 2 is 1.74 bits per heavy atom. The zero-order valence-electron chi connectivity index (χ0n) is 12.2. The summed E-state index contributed by atoms with van der Waals surface area (Å²) >= 11 is 0. The van der Waals surface area contributed by atoms with Crippen LogP contribution in [0.1, 0.15) is 46.0 Å². The van der Waals surface area contributed by atoms with Crippen LogP contribution in [0.3, 0.4) is 0 Å². The van der Waals surface area contributed by atoms with Gasteiger partial charge in [-0.1, -0.05) is 33.1 Å². The summed E-state index contributed by atoms with van der Waals surface area (Å²) in [6.07, 6.45) is 6.24. The molecule has 19 heavy (non-hydrogen) atoms. The Kier molecular flexibility index (Phi) is 3.88. The molecule has 0 spiro atoms. The molecule has 2 rings (SSSR count). The van der Waals surface area contributed by atoms with Gasteiger partial charge in [0.2, 0.25) is 5.91 Å². The summed E-state index contributed by atoms with van der Waals surface area (Å²) < 4.78 is 0. The lowest BCUT2D eigenvalue weighted by atomic mass is 9.89. The van der Waals surface area contributed by atoms with Crippen LogP contribution in [-0.2, 0) is 9.59 Å². The van der Waals surface area contributed by atoms with Crippen molar-refractivity contribution >= 4 is 11.9 Å². The van der Waals surface area contributed by atoms with E-state index in [2.05, 4.69) is 0 Å². The van der Waals surface area contributed by atoms with Crippen LogP contribution in [0.2, 0.25) is 0 Å². The molecule has 4 nitrogen and oxygen atoms in total. The number of rotatable bonds is 4. The number of carboxylic acids is 1. The lowest BCUT2D eigenvalue weighted by Gasteiger charge is -2.27. The van der Waals surface area contributed by atoms with Crippen molar-refractivity contribution in [2.75, 3.05) is 13.6 Å². The number of carboxylic acid groups (broad SMARTS) is 1. The molecule has 1 N–H and O–H groups in total. The van der Waals surface area contributed by atoms with Gasteiger partial charge in [-0.05, 0) is 24.2 Å². The average molecular weight is 267 g/mol. The van der Waals surface area contributed by atoms with E-state index in [-0.39, 0.29) is 17.2 Å². The van der Waals surface area contributed by atoms with E-state index in [1.165, 1.54) is 32.1 Å². The van der Waals surface area contributed by atoms with Gasteiger partial charge in [-0.3, -0.25) is 9.59 Å². The smallest absolute Gasteiger partial charge is 0.307 e. The molecule has 1 amide bonds. The SMILES string of the molecule is CN(CC1CCCCC1)C(=O)C1C(C(=O)O)C1(C)C. The summed E-state index contributed by atoms with van der Waals surface area (Å²) in [4.78, 5) is 25.3. The third-order valence-corrected chi connectivity index (χ3v) is 4.99. The van der Waals surface area contributed by atoms with E-state index in [0.717, 1.165) is 6.54 Å². The highest BCUT2D eigenvalue weighted by molar-refractivity contribution is 5.91. The van der Waals surface area contributed by atoms with Gasteiger partial charge >= 0.3 is 5.97 Å². The first kappa shape index (κ1) is 14.4. The zero-order chi connectivity index (χ0) is 14.2. The molecule has 0 aliphatic heterocycles. The largest absolute Gasteiger partial charge is 0.481 e. The molecule has 4 heteroatoms. The van der Waals surface area contributed by atoms with Crippen LogP contribution in [0.25, 0.3) is 0 Å². The summed E-state index contributed by atoms with van der Waals surface area (Å²) in [6.45, 7) is 4.54. The molecule has 0 heterocycles. The highest BCUT2D eigenvalue weighted by Gasteiger charge is 2.66. The van der Waals surface area contributed by atoms with E-state index in [4.69, 9.17) is 5.11 Å². The fourth-order valence-corrected chi connectivity index (χ4v) is 3.64. The molecule has 2 atom stereocenters. The van der Waals surface area contributed by atoms with Gasteiger partial charge < -0.3 is 10.0 Å². The van der Waals surface area contributed by atoms with Crippen molar-refractivity contribution in [2.24, 2.45) is 23.2 Å². The van der Waals surface area contributed by atoms with E-state index < -0.39 is 11.9 Å². The highest BCUT2D eigenvalue weighted by atomic mass is 16.4. The van der Waals surface area contributed by atoms with E-state index in [9.17, 15) is 9.59 Å². The van der Waals surface area contributed by atoms with Crippen LogP contribution >= 0.6 is 0 Å². The van der Waals surface area contributed by atoms with Crippen LogP contribution in [-0.4, -0.2) is 35.5 Å². The number of carbonyl (C=O) groups excluding carboxylic acids is 1. The maximum Gasteiger partial charge on any atom is 0.307 e. The molecular formula is C15H25NO3. The lowest BCUT2D eigenvalue weighted by molar-refractivity contribution is -0.141. The minimum absolute atomic E-state index is 0.0166. The molecule has 108 valence electrons. The standard InChI is InChI=1S/C15H25NO3/c1-15(2)11(12(15)14(18)19)13(17)16(3)9-10-7-5-4-6-8-10/h10-12H,4-9H2,1-3H3,(H,18,19). The first-order valence-electron chi connectivity index (χ1n) is 7.33. The van der Waals surface area contributed by atoms with Gasteiger partial charge in [0.15, 0.2) is 0 Å². The molecule has 0 bridgehead atoms. The van der Waals surface area contributed by atoms with Crippen molar-refractivity contribution < 1.29 is 14.7 Å². The monoisotopic (exact) mass is 267 g/mol. The highest BCUT2D eigenvalue weighted by Crippen LogP contribution is 2.59. The lowest BCUT2D eigenvalue weighted by Crippen LogP contribution is -2.35. The number of nitrogens with zero attached hydrogens (tertiary/aromatic N) is 1. The molecule has 0 aromatic rings. The molecule has 2 aliphatic carbocycles. The third-order valence-electron chi connectivity index (χ3n) is 4.99. The minimum Gasteiger partial charge on any atom is -0.481 e. The van der Waals surface area contributed by atoms with Gasteiger partial charge in [-0.2, -0.15) is 0 Å². The van der Waals surface area contributed by atoms with Gasteiger partial charge in [-0.25, -0.2) is 0 Å². The van der Waals surface area contributed by atoms with Gasteiger partial charge in [0.1, 0.15) is 0 Å². The summed E-state index contributed by atoms with van der Waals surface area (Å²) in [5.41, 5.74) is -0.385. The summed E-state index contributed by atoms with van der Waals surface area (Å²) in [5.74, 6) is -1.06. The fourth-order valence-electron chi connectivity index (χ4n) is 3.64. The zero-order valence-corrected chi connectivity index (χ0v) is 12.2. The molecule has 2 unspecified atom stereocenters. The second-order valence-electron chi connectivity index (χ2n) is 6.84. The Morgan fingerprint density at radius 1 is 1.16 bits per heavy atom. The molecule has 0 radical (unpaired) electrons. The molecular weight excluding hydrogens is 242 g/mol. The van der Waals surface area contributed by atoms with Gasteiger partial charge in [0.05, 0.1) is 11.8 Å². The summed E-state index contributed by atoms with van der Waals surface area (Å²) in [5, 5.41) is 9.14. The van der Waals surface area contributed by atoms with Crippen LogP contribution in [0.4, 0.5) is 0 Å². The van der Waals surface area contributed by atoms with Gasteiger partial charge in [0.25, 0.3) is 0 Å². The predicted octanol–water partition coefficient (Wildman–Crippen LogP) is 2.38. The molecule has 2 aliphatic rings. The Morgan fingerprint density at radius 3 is 2.21 bits per heavy atom. The van der Waals surface area contributed by atoms with Crippen molar-refractivity contribution in [3.8, 4) is 0 Å². The molecule has 0 aromatic carbocycles. The van der Waals surface area contributed by atoms with Gasteiger partial charge in [-0.15, -0.1) is 0 Å². The number of hydrogen-bond donors (Lipinski definition) is 1. The second kappa shape index (κ2) is 5.14. The molecule has 0 aromatic heterocycles. The molecule has 2 saturated carbocycles. The minimum atomic E-state index is -0.839. The Balaban J connectivity index is 1.91. The summed E-state index contributed by atoms with van der Waals surface area (Å²) in [6, 6.07) is 0. The third kappa shape index (κ3) is 2.77. The van der Waals surface area contributed by atoms with Crippen LogP contribution < -0.4 is 0 Å². The molecule has 0 saturated heterocycles. The first-order chi connectivity index (χ1) is 8.85. The fraction of sp³-hybridized carbons (Fsp3) is 0.867. The maximum atomic E-state index is 12.4. The Bertz CT molecular complexity index is 372. The van der Waals surface area contributed by atoms with Crippen LogP contribution in [0.15, 0.2) is 0 Å². The maximum absolute atomic E-state index is 12.4. The quantitative estimate of drug-likeness (QED) is 0.850. The second-order valence-corrected chi connectivity index (χ2v) is 6.84. The Labute approximate surface area is 115 Å². The number of aliphatic carboxylic acids is 1. The van der Waals surface area contributed by atoms with E-state index >= 15 is 0 Å². The normalized spacial score (nSPS) is 29.8. The van der Waals surface area contributed by atoms with E-state index in [1.54, 1.807) is 4.90 Å². The number of carbonyl (C=O) groups is 2. The molecule has 2 fully saturated rings. The first-order valence-corrected chi connectivity index (χ1v) is 7.33. The Hall–Kier alpha value is -1.06. The van der Waals surface area contributed by atoms with Crippen molar-refractivity contribution in [3.05, 3.63) is 0 Å². The van der Waals surface area contributed by atoms with E-state index in [1.807, 2.05) is 20.9 Å². The summed E-state index contributed by atoms with van der Waals surface area (Å²) in [7, 11) is 1.82. The number of amides is 1. The van der Waals surface area contributed by atoms with Crippen molar-refractivity contribution in [3.63, 3.8) is 0 Å². The van der Waals surface area contributed by atoms with Crippen LogP contribution in [0.5, 0.6) is 0 Å². The topological polar surface area (TPSA) is 57.6 Å². The van der Waals surface area contributed by atoms with Crippen molar-refractivity contribution in [2.45, 2.75) is 46.0 Å². The predicted molar refractivity (Wildman–Crippen MR) is 72.6 cm³/mol. The van der Waals surface area contributed by atoms with Gasteiger partial charge in [0, 0.05) is 13.6 Å². The van der Waals surface area contributed by atoms with Crippen molar-refractivity contribution in [1.29, 1.82) is 0 Å². The average Bonchev–Trinajstić information content (AvgIpc) is 2.92. The van der Waals surface area contributed by atoms with Crippen LogP contribution in [0, 0.1) is 23.2 Å².